The fraction of sp³-hybridized carbons (Fsp3) is 0.250. The second kappa shape index (κ2) is 6.26. The average Bonchev–Trinajstić information content (AvgIpc) is 2.38. The Kier molecular flexibility index (Phi) is 4.63. The van der Waals surface area contributed by atoms with Crippen molar-refractivity contribution in [3.63, 3.8) is 0 Å². The fourth-order valence-corrected chi connectivity index (χ4v) is 2.39. The van der Waals surface area contributed by atoms with E-state index in [1.165, 1.54) is 26.0 Å². The van der Waals surface area contributed by atoms with E-state index in [0.29, 0.717) is 0 Å². The van der Waals surface area contributed by atoms with Gasteiger partial charge in [0, 0.05) is 23.2 Å². The molecule has 1 N–H and O–H groups in total. The average molecular weight is 297 g/mol. The van der Waals surface area contributed by atoms with E-state index in [-0.39, 0.29) is 11.1 Å². The van der Waals surface area contributed by atoms with Gasteiger partial charge in [-0.2, -0.15) is 0 Å². The lowest BCUT2D eigenvalue weighted by atomic mass is 10.0. The largest absolute Gasteiger partial charge is 0.303 e. The van der Waals surface area contributed by atoms with Gasteiger partial charge in [-0.1, -0.05) is 12.1 Å². The molecule has 2 rings (SSSR count). The highest BCUT2D eigenvalue weighted by Gasteiger charge is 2.21. The highest BCUT2D eigenvalue weighted by Crippen LogP contribution is 2.26. The molecule has 1 nitrogen and oxygen atoms in total. The smallest absolute Gasteiger partial charge is 0.130 e. The van der Waals surface area contributed by atoms with Gasteiger partial charge in [0.2, 0.25) is 0 Å². The van der Waals surface area contributed by atoms with Crippen LogP contribution < -0.4 is 5.32 Å². The van der Waals surface area contributed by atoms with Crippen LogP contribution >= 0.6 is 0 Å². The first-order valence-electron chi connectivity index (χ1n) is 6.55. The van der Waals surface area contributed by atoms with E-state index in [4.69, 9.17) is 0 Å². The Balaban J connectivity index is 2.25. The highest BCUT2D eigenvalue weighted by molar-refractivity contribution is 5.26. The number of hydrogen-bond donors (Lipinski definition) is 1. The Hall–Kier alpha value is -1.88. The molecule has 2 aromatic carbocycles. The lowest BCUT2D eigenvalue weighted by Gasteiger charge is -2.22. The molecule has 0 radical (unpaired) electrons. The van der Waals surface area contributed by atoms with Crippen LogP contribution in [0.15, 0.2) is 36.4 Å². The van der Waals surface area contributed by atoms with Crippen molar-refractivity contribution in [3.05, 3.63) is 70.8 Å². The molecule has 0 aliphatic heterocycles. The maximum Gasteiger partial charge on any atom is 0.130 e. The molecule has 0 bridgehead atoms. The number of benzene rings is 2. The van der Waals surface area contributed by atoms with Gasteiger partial charge in [0.1, 0.15) is 23.3 Å². The summed E-state index contributed by atoms with van der Waals surface area (Å²) >= 11 is 0. The van der Waals surface area contributed by atoms with Crippen LogP contribution in [0.2, 0.25) is 0 Å². The van der Waals surface area contributed by atoms with Gasteiger partial charge in [-0.15, -0.1) is 0 Å². The van der Waals surface area contributed by atoms with E-state index in [1.54, 1.807) is 0 Å². The molecular formula is C16H15F4N. The molecule has 0 fully saturated rings. The monoisotopic (exact) mass is 297 g/mol. The minimum Gasteiger partial charge on any atom is -0.303 e. The summed E-state index contributed by atoms with van der Waals surface area (Å²) < 4.78 is 54.7. The first kappa shape index (κ1) is 15.5. The van der Waals surface area contributed by atoms with E-state index in [0.717, 1.165) is 24.3 Å². The molecule has 0 spiro atoms. The van der Waals surface area contributed by atoms with Gasteiger partial charge < -0.3 is 5.32 Å². The van der Waals surface area contributed by atoms with Crippen molar-refractivity contribution >= 4 is 0 Å². The predicted molar refractivity (Wildman–Crippen MR) is 72.7 cm³/mol. The molecule has 2 unspecified atom stereocenters. The van der Waals surface area contributed by atoms with Crippen LogP contribution in [0, 0.1) is 23.3 Å². The molecule has 0 saturated carbocycles. The van der Waals surface area contributed by atoms with Gasteiger partial charge in [-0.05, 0) is 38.1 Å². The van der Waals surface area contributed by atoms with Gasteiger partial charge in [0.05, 0.1) is 0 Å². The summed E-state index contributed by atoms with van der Waals surface area (Å²) in [7, 11) is 0. The summed E-state index contributed by atoms with van der Waals surface area (Å²) in [5.41, 5.74) is -0.304. The van der Waals surface area contributed by atoms with Crippen LogP contribution in [-0.4, -0.2) is 0 Å². The van der Waals surface area contributed by atoms with Crippen LogP contribution in [0.25, 0.3) is 0 Å². The Morgan fingerprint density at radius 2 is 0.952 bits per heavy atom. The Bertz CT molecular complexity index is 546. The van der Waals surface area contributed by atoms with Crippen LogP contribution in [0.1, 0.15) is 37.1 Å². The second-order valence-electron chi connectivity index (χ2n) is 4.88. The normalized spacial score (nSPS) is 14.0. The van der Waals surface area contributed by atoms with Crippen LogP contribution in [-0.2, 0) is 0 Å². The van der Waals surface area contributed by atoms with Gasteiger partial charge in [-0.3, -0.25) is 0 Å². The third-order valence-corrected chi connectivity index (χ3v) is 3.37. The third kappa shape index (κ3) is 3.24. The maximum atomic E-state index is 13.7. The van der Waals surface area contributed by atoms with Crippen molar-refractivity contribution in [3.8, 4) is 0 Å². The Morgan fingerprint density at radius 3 is 1.24 bits per heavy atom. The van der Waals surface area contributed by atoms with Crippen molar-refractivity contribution < 1.29 is 17.6 Å². The second-order valence-corrected chi connectivity index (χ2v) is 4.88. The summed E-state index contributed by atoms with van der Waals surface area (Å²) in [6.07, 6.45) is 0. The topological polar surface area (TPSA) is 12.0 Å². The predicted octanol–water partition coefficient (Wildman–Crippen LogP) is 4.65. The lowest BCUT2D eigenvalue weighted by molar-refractivity contribution is 0.426. The van der Waals surface area contributed by atoms with Gasteiger partial charge in [0.25, 0.3) is 0 Å². The summed E-state index contributed by atoms with van der Waals surface area (Å²) in [5.74, 6) is -2.79. The van der Waals surface area contributed by atoms with E-state index in [2.05, 4.69) is 5.32 Å². The molecule has 2 atom stereocenters. The van der Waals surface area contributed by atoms with Crippen molar-refractivity contribution in [1.29, 1.82) is 0 Å². The minimum atomic E-state index is -0.736. The number of rotatable bonds is 4. The summed E-state index contributed by atoms with van der Waals surface area (Å²) in [6, 6.07) is 5.63. The van der Waals surface area contributed by atoms with Crippen LogP contribution in [0.5, 0.6) is 0 Å². The third-order valence-electron chi connectivity index (χ3n) is 3.37. The van der Waals surface area contributed by atoms with Crippen LogP contribution in [0.4, 0.5) is 17.6 Å². The van der Waals surface area contributed by atoms with Gasteiger partial charge >= 0.3 is 0 Å². The first-order valence-corrected chi connectivity index (χ1v) is 6.55. The van der Waals surface area contributed by atoms with E-state index in [1.807, 2.05) is 0 Å². The van der Waals surface area contributed by atoms with Crippen molar-refractivity contribution in [2.24, 2.45) is 0 Å². The molecule has 0 aromatic heterocycles. The molecule has 0 saturated heterocycles. The zero-order chi connectivity index (χ0) is 15.6. The summed E-state index contributed by atoms with van der Waals surface area (Å²) in [4.78, 5) is 0. The first-order chi connectivity index (χ1) is 9.91. The van der Waals surface area contributed by atoms with Crippen molar-refractivity contribution in [2.75, 3.05) is 0 Å². The molecule has 5 heteroatoms. The molecule has 112 valence electrons. The molecule has 0 aliphatic rings. The fourth-order valence-electron chi connectivity index (χ4n) is 2.39. The molecule has 21 heavy (non-hydrogen) atoms. The van der Waals surface area contributed by atoms with Crippen LogP contribution in [0.3, 0.4) is 0 Å². The number of halogens is 4. The SMILES string of the molecule is CC(NC(C)c1c(F)cccc1F)c1c(F)cccc1F. The molecule has 0 amide bonds. The van der Waals surface area contributed by atoms with Crippen molar-refractivity contribution in [2.45, 2.75) is 25.9 Å². The van der Waals surface area contributed by atoms with Gasteiger partial charge in [-0.25, -0.2) is 17.6 Å². The molecular weight excluding hydrogens is 282 g/mol. The minimum absolute atomic E-state index is 0.152. The number of hydrogen-bond acceptors (Lipinski definition) is 1. The van der Waals surface area contributed by atoms with E-state index < -0.39 is 35.4 Å². The highest BCUT2D eigenvalue weighted by atomic mass is 19.1. The van der Waals surface area contributed by atoms with E-state index >= 15 is 0 Å². The van der Waals surface area contributed by atoms with Gasteiger partial charge in [0.15, 0.2) is 0 Å². The Labute approximate surface area is 120 Å². The molecule has 2 aromatic rings. The van der Waals surface area contributed by atoms with E-state index in [9.17, 15) is 17.6 Å². The van der Waals surface area contributed by atoms with Crippen molar-refractivity contribution in [1.82, 2.24) is 5.32 Å². The number of nitrogens with one attached hydrogen (secondary N) is 1. The summed E-state index contributed by atoms with van der Waals surface area (Å²) in [5, 5.41) is 2.82. The standard InChI is InChI=1S/C16H15F4N/c1-9(15-11(17)5-3-6-12(15)18)21-10(2)16-13(19)7-4-8-14(16)20/h3-10,21H,1-2H3. The summed E-state index contributed by atoms with van der Waals surface area (Å²) in [6.45, 7) is 3.08. The lowest BCUT2D eigenvalue weighted by Crippen LogP contribution is -2.25. The maximum absolute atomic E-state index is 13.7. The quantitative estimate of drug-likeness (QED) is 0.810. The Morgan fingerprint density at radius 1 is 0.667 bits per heavy atom. The molecule has 0 aliphatic carbocycles. The zero-order valence-corrected chi connectivity index (χ0v) is 11.6. The zero-order valence-electron chi connectivity index (χ0n) is 11.6. The molecule has 0 heterocycles.